The predicted octanol–water partition coefficient (Wildman–Crippen LogP) is 2.92. The van der Waals surface area contributed by atoms with Crippen LogP contribution in [0.5, 0.6) is 0 Å². The molecule has 9 heteroatoms. The highest BCUT2D eigenvalue weighted by Crippen LogP contribution is 2.36. The lowest BCUT2D eigenvalue weighted by molar-refractivity contribution is -0.129. The maximum Gasteiger partial charge on any atom is 0.150 e. The lowest BCUT2D eigenvalue weighted by atomic mass is 9.85. The van der Waals surface area contributed by atoms with E-state index in [1.807, 2.05) is 36.5 Å². The average Bonchev–Trinajstić information content (AvgIpc) is 3.42. The highest BCUT2D eigenvalue weighted by Gasteiger charge is 2.45. The lowest BCUT2D eigenvalue weighted by Crippen LogP contribution is -2.69. The van der Waals surface area contributed by atoms with Crippen molar-refractivity contribution < 1.29 is 4.79 Å². The molecule has 3 aromatic heterocycles. The molecule has 0 aliphatic carbocycles. The molecule has 4 fully saturated rings. The molecule has 0 amide bonds. The van der Waals surface area contributed by atoms with Crippen molar-refractivity contribution >= 4 is 22.5 Å². The molecule has 4 aliphatic rings. The number of Topliss-reactive ketones (excluding diaryl/α,β-unsaturated/α-hetero) is 1. The number of piperazine rings is 1. The maximum atomic E-state index is 12.9. The Labute approximate surface area is 221 Å². The maximum absolute atomic E-state index is 12.9. The highest BCUT2D eigenvalue weighted by atomic mass is 16.1. The Hall–Kier alpha value is -3.69. The van der Waals surface area contributed by atoms with Crippen LogP contribution >= 0.6 is 0 Å². The number of rotatable bonds is 6. The number of nitrogens with zero attached hydrogens (tertiary/aromatic N) is 7. The Morgan fingerprint density at radius 2 is 1.84 bits per heavy atom. The number of hydrogen-bond donors (Lipinski definition) is 1. The average molecular weight is 509 g/mol. The van der Waals surface area contributed by atoms with Gasteiger partial charge >= 0.3 is 0 Å². The topological polar surface area (TPSA) is 92.1 Å². The summed E-state index contributed by atoms with van der Waals surface area (Å²) in [6, 6.07) is 9.41. The van der Waals surface area contributed by atoms with Crippen molar-refractivity contribution in [2.45, 2.75) is 31.3 Å². The summed E-state index contributed by atoms with van der Waals surface area (Å²) in [7, 11) is 1.92. The first-order valence-electron chi connectivity index (χ1n) is 13.6. The summed E-state index contributed by atoms with van der Waals surface area (Å²) in [6.07, 6.45) is 12.5. The molecule has 4 aromatic rings. The van der Waals surface area contributed by atoms with Gasteiger partial charge in [0.2, 0.25) is 0 Å². The molecular formula is C29H32N8O. The number of benzene rings is 1. The molecule has 2 atom stereocenters. The van der Waals surface area contributed by atoms with E-state index in [9.17, 15) is 4.79 Å². The zero-order chi connectivity index (χ0) is 25.6. The summed E-state index contributed by atoms with van der Waals surface area (Å²) in [6.45, 7) is 4.40. The van der Waals surface area contributed by atoms with E-state index < -0.39 is 0 Å². The van der Waals surface area contributed by atoms with Crippen molar-refractivity contribution in [3.05, 3.63) is 55.4 Å². The number of ketones is 1. The van der Waals surface area contributed by atoms with Crippen LogP contribution in [0.3, 0.4) is 0 Å². The van der Waals surface area contributed by atoms with Gasteiger partial charge in [0.1, 0.15) is 17.9 Å². The number of pyridine rings is 1. The first-order valence-corrected chi connectivity index (χ1v) is 13.6. The van der Waals surface area contributed by atoms with Gasteiger partial charge in [-0.05, 0) is 67.7 Å². The van der Waals surface area contributed by atoms with Crippen LogP contribution in [0.15, 0.2) is 55.4 Å². The first kappa shape index (κ1) is 23.4. The molecule has 0 radical (unpaired) electrons. The number of carbonyl (C=O) groups excluding carboxylic acids is 1. The number of aryl methyl sites for hydroxylation is 1. The van der Waals surface area contributed by atoms with Gasteiger partial charge in [-0.3, -0.25) is 14.4 Å². The molecule has 1 aromatic carbocycles. The van der Waals surface area contributed by atoms with Gasteiger partial charge in [-0.25, -0.2) is 15.0 Å². The van der Waals surface area contributed by atoms with Crippen molar-refractivity contribution in [3.8, 4) is 22.3 Å². The standard InChI is InChI=1S/C29H32N8O/c1-35-14-22(12-34-35)21-8-25(26-13-31-18-33-27(26)9-21)20-2-3-29(32-11-20)36-15-23-10-24(16-36)37(23)17-28(38)19-4-6-30-7-5-19/h2-3,8-9,11-14,18-19,23-24,30H,4-7,10,15-17H2,1H3. The third-order valence-corrected chi connectivity index (χ3v) is 8.52. The third kappa shape index (κ3) is 4.25. The summed E-state index contributed by atoms with van der Waals surface area (Å²) in [5, 5.41) is 8.70. The number of piperidine rings is 2. The largest absolute Gasteiger partial charge is 0.353 e. The van der Waals surface area contributed by atoms with Crippen LogP contribution in [-0.4, -0.2) is 80.2 Å². The monoisotopic (exact) mass is 508 g/mol. The SMILES string of the molecule is Cn1cc(-c2cc(-c3ccc(N4CC5CC(C4)N5CC(=O)C4CCNCC4)nc3)c3cncnc3c2)cn1. The molecule has 9 nitrogen and oxygen atoms in total. The molecule has 194 valence electrons. The van der Waals surface area contributed by atoms with Gasteiger partial charge in [-0.1, -0.05) is 0 Å². The molecule has 0 saturated carbocycles. The molecule has 0 spiro atoms. The van der Waals surface area contributed by atoms with E-state index in [1.54, 1.807) is 6.33 Å². The molecule has 2 bridgehead atoms. The zero-order valence-electron chi connectivity index (χ0n) is 21.6. The Bertz CT molecular complexity index is 1460. The fraction of sp³-hybridized carbons (Fsp3) is 0.414. The van der Waals surface area contributed by atoms with E-state index in [1.165, 1.54) is 6.42 Å². The van der Waals surface area contributed by atoms with Gasteiger partial charge in [0.25, 0.3) is 0 Å². The quantitative estimate of drug-likeness (QED) is 0.425. The van der Waals surface area contributed by atoms with Crippen LogP contribution in [0.1, 0.15) is 19.3 Å². The van der Waals surface area contributed by atoms with Crippen molar-refractivity contribution in [1.82, 2.24) is 34.9 Å². The Kier molecular flexibility index (Phi) is 5.89. The van der Waals surface area contributed by atoms with Crippen molar-refractivity contribution in [2.75, 3.05) is 37.6 Å². The lowest BCUT2D eigenvalue weighted by Gasteiger charge is -2.56. The van der Waals surface area contributed by atoms with Gasteiger partial charge in [-0.2, -0.15) is 5.10 Å². The van der Waals surface area contributed by atoms with Crippen LogP contribution in [0.2, 0.25) is 0 Å². The number of hydrogen-bond acceptors (Lipinski definition) is 8. The Morgan fingerprint density at radius 1 is 1.00 bits per heavy atom. The number of aromatic nitrogens is 5. The molecule has 1 N–H and O–H groups in total. The number of nitrogens with one attached hydrogen (secondary N) is 1. The normalized spacial score (nSPS) is 22.0. The van der Waals surface area contributed by atoms with Crippen LogP contribution < -0.4 is 10.2 Å². The summed E-state index contributed by atoms with van der Waals surface area (Å²) in [4.78, 5) is 31.4. The summed E-state index contributed by atoms with van der Waals surface area (Å²) < 4.78 is 1.81. The van der Waals surface area contributed by atoms with Gasteiger partial charge < -0.3 is 10.2 Å². The second kappa shape index (κ2) is 9.56. The van der Waals surface area contributed by atoms with Crippen LogP contribution in [0.25, 0.3) is 33.2 Å². The molecule has 38 heavy (non-hydrogen) atoms. The minimum absolute atomic E-state index is 0.237. The third-order valence-electron chi connectivity index (χ3n) is 8.52. The van der Waals surface area contributed by atoms with Crippen LogP contribution in [0.4, 0.5) is 5.82 Å². The van der Waals surface area contributed by atoms with E-state index in [2.05, 4.69) is 54.4 Å². The number of fused-ring (bicyclic) bond motifs is 3. The van der Waals surface area contributed by atoms with E-state index in [0.29, 0.717) is 24.4 Å². The van der Waals surface area contributed by atoms with E-state index in [0.717, 1.165) is 78.0 Å². The van der Waals surface area contributed by atoms with Gasteiger partial charge in [0.05, 0.1) is 18.3 Å². The van der Waals surface area contributed by atoms with Crippen LogP contribution in [0, 0.1) is 5.92 Å². The second-order valence-corrected chi connectivity index (χ2v) is 10.9. The van der Waals surface area contributed by atoms with Crippen molar-refractivity contribution in [1.29, 1.82) is 0 Å². The van der Waals surface area contributed by atoms with E-state index >= 15 is 0 Å². The minimum Gasteiger partial charge on any atom is -0.353 e. The summed E-state index contributed by atoms with van der Waals surface area (Å²) in [5.74, 6) is 1.67. The molecule has 4 aliphatic heterocycles. The zero-order valence-corrected chi connectivity index (χ0v) is 21.6. The van der Waals surface area contributed by atoms with Gasteiger partial charge in [0.15, 0.2) is 0 Å². The fourth-order valence-electron chi connectivity index (χ4n) is 6.38. The molecular weight excluding hydrogens is 476 g/mol. The van der Waals surface area contributed by atoms with Crippen molar-refractivity contribution in [2.24, 2.45) is 13.0 Å². The molecule has 7 heterocycles. The summed E-state index contributed by atoms with van der Waals surface area (Å²) in [5.41, 5.74) is 5.12. The van der Waals surface area contributed by atoms with E-state index in [4.69, 9.17) is 4.98 Å². The predicted molar refractivity (Wildman–Crippen MR) is 147 cm³/mol. The molecule has 4 saturated heterocycles. The van der Waals surface area contributed by atoms with E-state index in [-0.39, 0.29) is 5.92 Å². The minimum atomic E-state index is 0.237. The fourth-order valence-corrected chi connectivity index (χ4v) is 6.38. The van der Waals surface area contributed by atoms with Gasteiger partial charge in [0, 0.05) is 73.2 Å². The smallest absolute Gasteiger partial charge is 0.150 e. The highest BCUT2D eigenvalue weighted by molar-refractivity contribution is 5.97. The van der Waals surface area contributed by atoms with Crippen molar-refractivity contribution in [3.63, 3.8) is 0 Å². The Balaban J connectivity index is 1.09. The number of anilines is 1. The summed E-state index contributed by atoms with van der Waals surface area (Å²) >= 11 is 0. The first-order chi connectivity index (χ1) is 18.6. The molecule has 2 unspecified atom stereocenters. The Morgan fingerprint density at radius 3 is 2.58 bits per heavy atom. The van der Waals surface area contributed by atoms with Gasteiger partial charge in [-0.15, -0.1) is 0 Å². The van der Waals surface area contributed by atoms with Crippen LogP contribution in [-0.2, 0) is 11.8 Å². The second-order valence-electron chi connectivity index (χ2n) is 10.9. The number of carbonyl (C=O) groups is 1. The molecule has 8 rings (SSSR count).